The van der Waals surface area contributed by atoms with Gasteiger partial charge >= 0.3 is 0 Å². The van der Waals surface area contributed by atoms with Crippen molar-refractivity contribution in [3.8, 4) is 17.6 Å². The molecule has 1 aliphatic rings. The molecule has 35 heavy (non-hydrogen) atoms. The summed E-state index contributed by atoms with van der Waals surface area (Å²) in [6.45, 7) is 0. The molecule has 2 N–H and O–H groups in total. The molecule has 1 aliphatic carbocycles. The zero-order valence-corrected chi connectivity index (χ0v) is 19.0. The quantitative estimate of drug-likeness (QED) is 0.336. The summed E-state index contributed by atoms with van der Waals surface area (Å²) in [4.78, 5) is 4.38. The van der Waals surface area contributed by atoms with E-state index in [0.29, 0.717) is 11.5 Å². The van der Waals surface area contributed by atoms with E-state index >= 15 is 0 Å². The Morgan fingerprint density at radius 3 is 2.60 bits per heavy atom. The zero-order chi connectivity index (χ0) is 24.9. The highest BCUT2D eigenvalue weighted by Gasteiger charge is 2.20. The number of nitrogens with one attached hydrogen (secondary N) is 2. The average Bonchev–Trinajstić information content (AvgIpc) is 3.49. The van der Waals surface area contributed by atoms with Crippen LogP contribution in [0.5, 0.6) is 11.5 Å². The van der Waals surface area contributed by atoms with Gasteiger partial charge in [0, 0.05) is 17.7 Å². The molecule has 0 spiro atoms. The number of hydrogen-bond acceptors (Lipinski definition) is 6. The monoisotopic (exact) mass is 475 g/mol. The molecule has 178 valence electrons. The lowest BCUT2D eigenvalue weighted by Crippen LogP contribution is -2.12. The summed E-state index contributed by atoms with van der Waals surface area (Å²) in [7, 11) is 1.57. The second kappa shape index (κ2) is 10.3. The van der Waals surface area contributed by atoms with E-state index in [9.17, 15) is 8.78 Å². The Bertz CT molecular complexity index is 1390. The van der Waals surface area contributed by atoms with Crippen molar-refractivity contribution in [2.24, 2.45) is 0 Å². The number of methoxy groups -OCH3 is 1. The number of fused-ring (bicyclic) bond motifs is 1. The lowest BCUT2D eigenvalue weighted by molar-refractivity contribution is 0.200. The second-order valence-electron chi connectivity index (χ2n) is 8.04. The third-order valence-corrected chi connectivity index (χ3v) is 5.72. The predicted molar refractivity (Wildman–Crippen MR) is 130 cm³/mol. The van der Waals surface area contributed by atoms with Gasteiger partial charge < -0.3 is 9.47 Å². The fraction of sp³-hybridized carbons (Fsp3) is 0.231. The first-order chi connectivity index (χ1) is 16.9. The zero-order valence-electron chi connectivity index (χ0n) is 19.0. The van der Waals surface area contributed by atoms with Gasteiger partial charge in [-0.2, -0.15) is 5.26 Å². The molecule has 0 atom stereocenters. The summed E-state index contributed by atoms with van der Waals surface area (Å²) in [6.07, 6.45) is 9.99. The summed E-state index contributed by atoms with van der Waals surface area (Å²) in [5, 5.41) is 24.7. The lowest BCUT2D eigenvalue weighted by Gasteiger charge is -2.18. The fourth-order valence-electron chi connectivity index (χ4n) is 4.02. The Balaban J connectivity index is 1.78. The van der Waals surface area contributed by atoms with Crippen LogP contribution in [0.3, 0.4) is 0 Å². The van der Waals surface area contributed by atoms with Crippen LogP contribution in [0.2, 0.25) is 0 Å². The van der Waals surface area contributed by atoms with Crippen LogP contribution in [-0.4, -0.2) is 34.3 Å². The minimum absolute atomic E-state index is 0.0998. The van der Waals surface area contributed by atoms with Crippen molar-refractivity contribution in [1.29, 1.82) is 16.1 Å². The van der Waals surface area contributed by atoms with Gasteiger partial charge in [0.05, 0.1) is 24.2 Å². The molecule has 0 amide bonds. The smallest absolute Gasteiger partial charge is 0.168 e. The Kier molecular flexibility index (Phi) is 7.01. The van der Waals surface area contributed by atoms with Crippen molar-refractivity contribution in [2.45, 2.75) is 31.8 Å². The van der Waals surface area contributed by atoms with Crippen LogP contribution >= 0.6 is 0 Å². The molecular weight excluding hydrogens is 452 g/mol. The number of para-hydroxylation sites is 1. The number of hydrogen-bond donors (Lipinski definition) is 2. The Labute approximate surface area is 200 Å². The molecular formula is C26H23F2N5O2. The molecule has 1 fully saturated rings. The van der Waals surface area contributed by atoms with E-state index in [4.69, 9.17) is 25.6 Å². The van der Waals surface area contributed by atoms with Crippen molar-refractivity contribution >= 4 is 34.7 Å². The minimum Gasteiger partial charge on any atom is -0.493 e. The van der Waals surface area contributed by atoms with Crippen LogP contribution in [-0.2, 0) is 0 Å². The summed E-state index contributed by atoms with van der Waals surface area (Å²) >= 11 is 0. The average molecular weight is 475 g/mol. The normalized spacial score (nSPS) is 14.1. The number of rotatable bonds is 7. The molecule has 3 aromatic rings. The Morgan fingerprint density at radius 1 is 1.14 bits per heavy atom. The van der Waals surface area contributed by atoms with Gasteiger partial charge in [0.25, 0.3) is 0 Å². The van der Waals surface area contributed by atoms with E-state index in [1.807, 2.05) is 18.2 Å². The van der Waals surface area contributed by atoms with Crippen molar-refractivity contribution in [3.05, 3.63) is 65.5 Å². The number of nitriles is 1. The van der Waals surface area contributed by atoms with E-state index < -0.39 is 11.6 Å². The number of ether oxygens (including phenoxy) is 2. The van der Waals surface area contributed by atoms with Crippen molar-refractivity contribution < 1.29 is 18.3 Å². The number of nitrogens with zero attached hydrogens (tertiary/aromatic N) is 3. The maximum atomic E-state index is 14.0. The van der Waals surface area contributed by atoms with Gasteiger partial charge in [0.2, 0.25) is 0 Å². The van der Waals surface area contributed by atoms with Crippen LogP contribution in [0.15, 0.2) is 42.5 Å². The molecule has 2 aromatic carbocycles. The van der Waals surface area contributed by atoms with Gasteiger partial charge in [-0.05, 0) is 56.1 Å². The first kappa shape index (κ1) is 23.8. The number of benzene rings is 2. The van der Waals surface area contributed by atoms with Gasteiger partial charge in [-0.15, -0.1) is 0 Å². The number of halogens is 2. The molecule has 1 aromatic heterocycles. The number of aromatic nitrogens is 2. The highest BCUT2D eigenvalue weighted by Crippen LogP contribution is 2.36. The van der Waals surface area contributed by atoms with Crippen LogP contribution in [0.25, 0.3) is 23.2 Å². The molecule has 0 saturated heterocycles. The second-order valence-corrected chi connectivity index (χ2v) is 8.04. The maximum Gasteiger partial charge on any atom is 0.168 e. The standard InChI is InChI=1S/C26H23F2N5O2/c1-34-23-8-4-5-16(26(23)35-18-6-2-3-7-18)9-12-25-32-21-13-19(27)20(28)14-22(21)33(25)24(31)11-10-17(30)15-29/h4-5,8-14,18,30-31H,2-3,6-7H2,1H3. The summed E-state index contributed by atoms with van der Waals surface area (Å²) in [6, 6.07) is 9.08. The van der Waals surface area contributed by atoms with Crippen molar-refractivity contribution in [3.63, 3.8) is 0 Å². The topological polar surface area (TPSA) is 108 Å². The van der Waals surface area contributed by atoms with Crippen LogP contribution < -0.4 is 9.47 Å². The summed E-state index contributed by atoms with van der Waals surface area (Å²) in [5.41, 5.74) is 0.707. The molecule has 0 bridgehead atoms. The van der Waals surface area contributed by atoms with Gasteiger partial charge in [0.15, 0.2) is 23.1 Å². The van der Waals surface area contributed by atoms with E-state index in [0.717, 1.165) is 49.5 Å². The summed E-state index contributed by atoms with van der Waals surface area (Å²) in [5.74, 6) is -0.886. The van der Waals surface area contributed by atoms with Gasteiger partial charge in [-0.25, -0.2) is 13.8 Å². The third kappa shape index (κ3) is 5.11. The molecule has 7 nitrogen and oxygen atoms in total. The fourth-order valence-corrected chi connectivity index (χ4v) is 4.02. The van der Waals surface area contributed by atoms with Gasteiger partial charge in [-0.3, -0.25) is 15.4 Å². The van der Waals surface area contributed by atoms with Crippen LogP contribution in [0.4, 0.5) is 8.78 Å². The molecule has 0 radical (unpaired) electrons. The third-order valence-electron chi connectivity index (χ3n) is 5.72. The SMILES string of the molecule is COc1cccc(C=Cc2nc3cc(F)c(F)cc3n2C(=N)C=CC(=N)C#N)c1OC1CCCC1. The van der Waals surface area contributed by atoms with Crippen LogP contribution in [0, 0.1) is 33.8 Å². The molecule has 4 rings (SSSR count). The van der Waals surface area contributed by atoms with E-state index in [1.165, 1.54) is 10.6 Å². The minimum atomic E-state index is -1.07. The molecule has 1 heterocycles. The Morgan fingerprint density at radius 2 is 1.89 bits per heavy atom. The first-order valence-corrected chi connectivity index (χ1v) is 11.1. The van der Waals surface area contributed by atoms with E-state index in [2.05, 4.69) is 4.98 Å². The largest absolute Gasteiger partial charge is 0.493 e. The van der Waals surface area contributed by atoms with E-state index in [-0.39, 0.29) is 34.5 Å². The first-order valence-electron chi connectivity index (χ1n) is 11.1. The summed E-state index contributed by atoms with van der Waals surface area (Å²) < 4.78 is 40.9. The van der Waals surface area contributed by atoms with E-state index in [1.54, 1.807) is 25.3 Å². The van der Waals surface area contributed by atoms with Gasteiger partial charge in [-0.1, -0.05) is 12.1 Å². The number of imidazole rings is 1. The maximum absolute atomic E-state index is 14.0. The lowest BCUT2D eigenvalue weighted by atomic mass is 10.1. The highest BCUT2D eigenvalue weighted by molar-refractivity contribution is 6.10. The van der Waals surface area contributed by atoms with Crippen LogP contribution in [0.1, 0.15) is 37.1 Å². The van der Waals surface area contributed by atoms with Crippen molar-refractivity contribution in [2.75, 3.05) is 7.11 Å². The van der Waals surface area contributed by atoms with Crippen molar-refractivity contribution in [1.82, 2.24) is 9.55 Å². The Hall–Kier alpha value is -4.32. The molecule has 1 saturated carbocycles. The number of allylic oxidation sites excluding steroid dienone is 2. The highest BCUT2D eigenvalue weighted by atomic mass is 19.2. The van der Waals surface area contributed by atoms with Gasteiger partial charge in [0.1, 0.15) is 23.4 Å². The molecule has 0 unspecified atom stereocenters. The molecule has 9 heteroatoms. The predicted octanol–water partition coefficient (Wildman–Crippen LogP) is 5.74. The molecule has 0 aliphatic heterocycles.